The van der Waals surface area contributed by atoms with E-state index in [2.05, 4.69) is 13.5 Å². The zero-order valence-electron chi connectivity index (χ0n) is 10.8. The van der Waals surface area contributed by atoms with Crippen molar-refractivity contribution in [2.45, 2.75) is 59.2 Å². The van der Waals surface area contributed by atoms with Crippen molar-refractivity contribution in [1.29, 1.82) is 0 Å². The van der Waals surface area contributed by atoms with E-state index in [-0.39, 0.29) is 5.97 Å². The summed E-state index contributed by atoms with van der Waals surface area (Å²) in [6.07, 6.45) is 4.96. The van der Waals surface area contributed by atoms with Gasteiger partial charge >= 0.3 is 5.97 Å². The van der Waals surface area contributed by atoms with E-state index < -0.39 is 6.29 Å². The first-order valence-corrected chi connectivity index (χ1v) is 6.09. The van der Waals surface area contributed by atoms with E-state index in [1.165, 1.54) is 12.8 Å². The van der Waals surface area contributed by atoms with E-state index in [0.29, 0.717) is 12.2 Å². The minimum absolute atomic E-state index is 0.367. The van der Waals surface area contributed by atoms with E-state index in [1.54, 1.807) is 6.92 Å². The van der Waals surface area contributed by atoms with Crippen LogP contribution >= 0.6 is 0 Å². The fraction of sp³-hybridized carbons (Fsp3) is 0.769. The van der Waals surface area contributed by atoms with Crippen LogP contribution in [0.5, 0.6) is 0 Å². The molecule has 0 heterocycles. The molecule has 0 bridgehead atoms. The zero-order chi connectivity index (χ0) is 12.4. The Balaban J connectivity index is 3.87. The quantitative estimate of drug-likeness (QED) is 0.262. The molecule has 0 aliphatic carbocycles. The number of ether oxygens (including phenoxy) is 2. The van der Waals surface area contributed by atoms with Crippen molar-refractivity contribution in [3.63, 3.8) is 0 Å². The highest BCUT2D eigenvalue weighted by atomic mass is 16.7. The monoisotopic (exact) mass is 228 g/mol. The lowest BCUT2D eigenvalue weighted by Gasteiger charge is -2.17. The normalized spacial score (nSPS) is 12.2. The van der Waals surface area contributed by atoms with Crippen molar-refractivity contribution in [3.05, 3.63) is 12.2 Å². The molecule has 3 nitrogen and oxygen atoms in total. The van der Waals surface area contributed by atoms with E-state index in [1.807, 2.05) is 6.92 Å². The summed E-state index contributed by atoms with van der Waals surface area (Å²) in [5.41, 5.74) is 0.415. The van der Waals surface area contributed by atoms with Gasteiger partial charge in [-0.2, -0.15) is 0 Å². The van der Waals surface area contributed by atoms with E-state index in [9.17, 15) is 4.79 Å². The van der Waals surface area contributed by atoms with Gasteiger partial charge in [0.1, 0.15) is 0 Å². The minimum atomic E-state index is -0.411. The van der Waals surface area contributed by atoms with Gasteiger partial charge in [0.25, 0.3) is 0 Å². The van der Waals surface area contributed by atoms with E-state index >= 15 is 0 Å². The van der Waals surface area contributed by atoms with Gasteiger partial charge < -0.3 is 9.47 Å². The molecule has 16 heavy (non-hydrogen) atoms. The third-order valence-electron chi connectivity index (χ3n) is 2.23. The van der Waals surface area contributed by atoms with Crippen LogP contribution in [0.3, 0.4) is 0 Å². The van der Waals surface area contributed by atoms with Gasteiger partial charge in [-0.1, -0.05) is 32.8 Å². The van der Waals surface area contributed by atoms with Crippen LogP contribution in [0.15, 0.2) is 12.2 Å². The Labute approximate surface area is 98.8 Å². The zero-order valence-corrected chi connectivity index (χ0v) is 10.8. The first-order chi connectivity index (χ1) is 7.61. The standard InChI is InChI=1S/C13H24O3/c1-5-7-8-9-10-12(15-6-2)16-13(14)11(3)4/h12H,3,5-10H2,1-2,4H3. The molecule has 0 rings (SSSR count). The van der Waals surface area contributed by atoms with Crippen LogP contribution < -0.4 is 0 Å². The molecule has 0 fully saturated rings. The molecule has 0 radical (unpaired) electrons. The van der Waals surface area contributed by atoms with Crippen LogP contribution in [0.1, 0.15) is 52.9 Å². The van der Waals surface area contributed by atoms with Gasteiger partial charge in [-0.05, 0) is 20.3 Å². The molecular weight excluding hydrogens is 204 g/mol. The van der Waals surface area contributed by atoms with Crippen LogP contribution in [0.2, 0.25) is 0 Å². The number of unbranched alkanes of at least 4 members (excludes halogenated alkanes) is 3. The third kappa shape index (κ3) is 7.46. The average molecular weight is 228 g/mol. The molecule has 0 saturated heterocycles. The highest BCUT2D eigenvalue weighted by Crippen LogP contribution is 2.11. The molecule has 0 aliphatic heterocycles. The smallest absolute Gasteiger partial charge is 0.335 e. The lowest BCUT2D eigenvalue weighted by molar-refractivity contribution is -0.174. The maximum atomic E-state index is 11.3. The fourth-order valence-electron chi connectivity index (χ4n) is 1.32. The van der Waals surface area contributed by atoms with Crippen molar-refractivity contribution in [2.24, 2.45) is 0 Å². The molecule has 0 spiro atoms. The number of carbonyl (C=O) groups is 1. The Bertz CT molecular complexity index is 211. The van der Waals surface area contributed by atoms with Gasteiger partial charge in [-0.3, -0.25) is 0 Å². The Morgan fingerprint density at radius 3 is 2.44 bits per heavy atom. The molecule has 0 aromatic rings. The second-order valence-corrected chi connectivity index (χ2v) is 3.92. The molecule has 0 N–H and O–H groups in total. The topological polar surface area (TPSA) is 35.5 Å². The number of hydrogen-bond acceptors (Lipinski definition) is 3. The van der Waals surface area contributed by atoms with E-state index in [0.717, 1.165) is 19.3 Å². The second-order valence-electron chi connectivity index (χ2n) is 3.92. The molecule has 94 valence electrons. The number of rotatable bonds is 9. The number of esters is 1. The number of carbonyl (C=O) groups excluding carboxylic acids is 1. The van der Waals surface area contributed by atoms with Crippen LogP contribution in [-0.2, 0) is 14.3 Å². The maximum absolute atomic E-state index is 11.3. The summed E-state index contributed by atoms with van der Waals surface area (Å²) in [5, 5.41) is 0. The molecule has 0 aromatic heterocycles. The highest BCUT2D eigenvalue weighted by Gasteiger charge is 2.14. The molecule has 0 amide bonds. The molecule has 3 heteroatoms. The number of hydrogen-bond donors (Lipinski definition) is 0. The first-order valence-electron chi connectivity index (χ1n) is 6.09. The van der Waals surface area contributed by atoms with Gasteiger partial charge in [0.2, 0.25) is 6.29 Å². The van der Waals surface area contributed by atoms with Crippen molar-refractivity contribution in [2.75, 3.05) is 6.61 Å². The summed E-state index contributed by atoms with van der Waals surface area (Å²) in [4.78, 5) is 11.3. The molecular formula is C13H24O3. The van der Waals surface area contributed by atoms with Crippen molar-refractivity contribution in [1.82, 2.24) is 0 Å². The summed E-state index contributed by atoms with van der Waals surface area (Å²) >= 11 is 0. The largest absolute Gasteiger partial charge is 0.432 e. The van der Waals surface area contributed by atoms with Crippen molar-refractivity contribution >= 4 is 5.97 Å². The van der Waals surface area contributed by atoms with Gasteiger partial charge in [0.05, 0.1) is 0 Å². The SMILES string of the molecule is C=C(C)C(=O)OC(CCCCCC)OCC. The average Bonchev–Trinajstić information content (AvgIpc) is 2.24. The lowest BCUT2D eigenvalue weighted by atomic mass is 10.1. The van der Waals surface area contributed by atoms with Crippen LogP contribution in [0.25, 0.3) is 0 Å². The highest BCUT2D eigenvalue weighted by molar-refractivity contribution is 5.86. The summed E-state index contributed by atoms with van der Waals surface area (Å²) < 4.78 is 10.5. The summed E-state index contributed by atoms with van der Waals surface area (Å²) in [7, 11) is 0. The molecule has 1 atom stereocenters. The van der Waals surface area contributed by atoms with Crippen LogP contribution in [0, 0.1) is 0 Å². The van der Waals surface area contributed by atoms with Gasteiger partial charge in [0, 0.05) is 18.6 Å². The Hall–Kier alpha value is -0.830. The van der Waals surface area contributed by atoms with E-state index in [4.69, 9.17) is 9.47 Å². The molecule has 0 aromatic carbocycles. The van der Waals surface area contributed by atoms with Crippen molar-refractivity contribution < 1.29 is 14.3 Å². The molecule has 0 aliphatic rings. The Morgan fingerprint density at radius 1 is 1.25 bits per heavy atom. The Morgan fingerprint density at radius 2 is 1.94 bits per heavy atom. The summed E-state index contributed by atoms with van der Waals surface area (Å²) in [6, 6.07) is 0. The summed E-state index contributed by atoms with van der Waals surface area (Å²) in [5.74, 6) is -0.367. The fourth-order valence-corrected chi connectivity index (χ4v) is 1.32. The maximum Gasteiger partial charge on any atom is 0.335 e. The predicted molar refractivity (Wildman–Crippen MR) is 65.1 cm³/mol. The van der Waals surface area contributed by atoms with Gasteiger partial charge in [-0.15, -0.1) is 0 Å². The third-order valence-corrected chi connectivity index (χ3v) is 2.23. The first kappa shape index (κ1) is 15.2. The Kier molecular flexibility index (Phi) is 8.91. The van der Waals surface area contributed by atoms with Crippen molar-refractivity contribution in [3.8, 4) is 0 Å². The lowest BCUT2D eigenvalue weighted by Crippen LogP contribution is -2.21. The van der Waals surface area contributed by atoms with Gasteiger partial charge in [-0.25, -0.2) is 4.79 Å². The second kappa shape index (κ2) is 9.40. The van der Waals surface area contributed by atoms with Crippen LogP contribution in [-0.4, -0.2) is 18.9 Å². The predicted octanol–water partition coefficient (Wildman–Crippen LogP) is 3.44. The van der Waals surface area contributed by atoms with Crippen LogP contribution in [0.4, 0.5) is 0 Å². The molecule has 1 unspecified atom stereocenters. The summed E-state index contributed by atoms with van der Waals surface area (Å²) in [6.45, 7) is 9.81. The molecule has 0 saturated carbocycles. The minimum Gasteiger partial charge on any atom is -0.432 e. The van der Waals surface area contributed by atoms with Gasteiger partial charge in [0.15, 0.2) is 0 Å².